The summed E-state index contributed by atoms with van der Waals surface area (Å²) in [6, 6.07) is 11.9. The van der Waals surface area contributed by atoms with E-state index in [1.54, 1.807) is 41.6 Å². The predicted octanol–water partition coefficient (Wildman–Crippen LogP) is 4.91. The Balaban J connectivity index is 1.29. The number of nitrogens with zero attached hydrogens (tertiary/aromatic N) is 5. The average molecular weight is 563 g/mol. The highest BCUT2D eigenvalue weighted by Gasteiger charge is 2.31. The molecule has 1 fully saturated rings. The van der Waals surface area contributed by atoms with Crippen molar-refractivity contribution in [2.24, 2.45) is 5.92 Å². The number of pyridine rings is 2. The van der Waals surface area contributed by atoms with Crippen molar-refractivity contribution < 1.29 is 24.1 Å². The van der Waals surface area contributed by atoms with Crippen LogP contribution in [0.25, 0.3) is 16.6 Å². The molecular formula is C30H35FN6O4. The van der Waals surface area contributed by atoms with Crippen molar-refractivity contribution in [1.29, 1.82) is 0 Å². The SMILES string of the molecule is CC(C)(C)OC(=O)N1CCC(C(CO)c2ccc3cnc(Nc4ccc(-n5ccc(CO)n5)cc4F)cc3n2)CC1. The second-order valence-electron chi connectivity index (χ2n) is 11.3. The second-order valence-corrected chi connectivity index (χ2v) is 11.3. The van der Waals surface area contributed by atoms with Gasteiger partial charge in [0.05, 0.1) is 35.8 Å². The fourth-order valence-electron chi connectivity index (χ4n) is 5.08. The Labute approximate surface area is 237 Å². The van der Waals surface area contributed by atoms with Crippen LogP contribution in [0.2, 0.25) is 0 Å². The largest absolute Gasteiger partial charge is 0.444 e. The Kier molecular flexibility index (Phi) is 8.18. The number of aromatic nitrogens is 4. The summed E-state index contributed by atoms with van der Waals surface area (Å²) in [5.41, 5.74) is 2.17. The number of fused-ring (bicyclic) bond motifs is 1. The standard InChI is InChI=1S/C30H35FN6O4/c1-30(2,3)41-29(40)36-11-8-19(9-12-36)23(18-39)25-6-4-20-16-32-28(15-27(20)33-25)34-26-7-5-22(14-24(26)31)37-13-10-21(17-38)35-37/h4-7,10,13-16,19,23,38-39H,8-9,11-12,17-18H2,1-3H3,(H,32,34). The van der Waals surface area contributed by atoms with Crippen LogP contribution in [-0.4, -0.2) is 66.3 Å². The van der Waals surface area contributed by atoms with Gasteiger partial charge in [0.1, 0.15) is 17.2 Å². The van der Waals surface area contributed by atoms with Gasteiger partial charge in [0.2, 0.25) is 0 Å². The first kappa shape index (κ1) is 28.4. The number of carbonyl (C=O) groups is 1. The molecule has 1 aliphatic rings. The summed E-state index contributed by atoms with van der Waals surface area (Å²) in [5.74, 6) is -0.0609. The van der Waals surface area contributed by atoms with E-state index in [2.05, 4.69) is 15.4 Å². The number of carbonyl (C=O) groups excluding carboxylic acids is 1. The molecule has 216 valence electrons. The van der Waals surface area contributed by atoms with Crippen LogP contribution in [-0.2, 0) is 11.3 Å². The van der Waals surface area contributed by atoms with Crippen molar-refractivity contribution in [2.45, 2.75) is 51.7 Å². The number of anilines is 2. The Morgan fingerprint density at radius 2 is 1.93 bits per heavy atom. The van der Waals surface area contributed by atoms with Gasteiger partial charge in [-0.2, -0.15) is 5.10 Å². The van der Waals surface area contributed by atoms with Gasteiger partial charge in [-0.25, -0.2) is 18.9 Å². The van der Waals surface area contributed by atoms with Crippen LogP contribution in [0.4, 0.5) is 20.7 Å². The number of hydrogen-bond donors (Lipinski definition) is 3. The second kappa shape index (κ2) is 11.8. The van der Waals surface area contributed by atoms with Crippen LogP contribution in [0.3, 0.4) is 0 Å². The van der Waals surface area contributed by atoms with E-state index in [4.69, 9.17) is 9.72 Å². The maximum atomic E-state index is 14.9. The number of hydrogen-bond acceptors (Lipinski definition) is 8. The van der Waals surface area contributed by atoms with Crippen molar-refractivity contribution in [3.05, 3.63) is 72.1 Å². The number of likely N-dealkylation sites (tertiary alicyclic amines) is 1. The summed E-state index contributed by atoms with van der Waals surface area (Å²) in [5, 5.41) is 27.6. The number of benzene rings is 1. The summed E-state index contributed by atoms with van der Waals surface area (Å²) < 4.78 is 21.9. The zero-order chi connectivity index (χ0) is 29.1. The first-order chi connectivity index (χ1) is 19.6. The lowest BCUT2D eigenvalue weighted by atomic mass is 9.82. The summed E-state index contributed by atoms with van der Waals surface area (Å²) in [7, 11) is 0. The van der Waals surface area contributed by atoms with Crippen LogP contribution >= 0.6 is 0 Å². The Bertz CT molecular complexity index is 1530. The molecule has 3 aromatic heterocycles. The maximum absolute atomic E-state index is 14.9. The van der Waals surface area contributed by atoms with E-state index in [9.17, 15) is 19.4 Å². The smallest absolute Gasteiger partial charge is 0.410 e. The molecule has 1 aromatic carbocycles. The number of ether oxygens (including phenoxy) is 1. The monoisotopic (exact) mass is 562 g/mol. The summed E-state index contributed by atoms with van der Waals surface area (Å²) in [6.07, 6.45) is 4.50. The van der Waals surface area contributed by atoms with Gasteiger partial charge in [-0.15, -0.1) is 0 Å². The van der Waals surface area contributed by atoms with Crippen LogP contribution in [0.5, 0.6) is 0 Å². The van der Waals surface area contributed by atoms with E-state index in [-0.39, 0.29) is 36.8 Å². The first-order valence-corrected chi connectivity index (χ1v) is 13.7. The molecule has 4 aromatic rings. The molecule has 1 aliphatic heterocycles. The van der Waals surface area contributed by atoms with Gasteiger partial charge >= 0.3 is 6.09 Å². The lowest BCUT2D eigenvalue weighted by molar-refractivity contribution is 0.0164. The minimum atomic E-state index is -0.542. The van der Waals surface area contributed by atoms with Crippen molar-refractivity contribution in [1.82, 2.24) is 24.6 Å². The fraction of sp³-hybridized carbons (Fsp3) is 0.400. The van der Waals surface area contributed by atoms with Gasteiger partial charge < -0.3 is 25.2 Å². The third kappa shape index (κ3) is 6.63. The molecule has 0 saturated carbocycles. The van der Waals surface area contributed by atoms with E-state index in [0.29, 0.717) is 35.8 Å². The molecule has 0 spiro atoms. The zero-order valence-corrected chi connectivity index (χ0v) is 23.4. The van der Waals surface area contributed by atoms with Crippen molar-refractivity contribution >= 4 is 28.5 Å². The molecule has 11 heteroatoms. The highest BCUT2D eigenvalue weighted by Crippen LogP contribution is 2.33. The normalized spacial score (nSPS) is 15.2. The Morgan fingerprint density at radius 3 is 2.59 bits per heavy atom. The number of halogens is 1. The molecule has 1 unspecified atom stereocenters. The number of rotatable bonds is 7. The molecule has 1 amide bonds. The van der Waals surface area contributed by atoms with E-state index < -0.39 is 11.4 Å². The van der Waals surface area contributed by atoms with Crippen LogP contribution in [0, 0.1) is 11.7 Å². The molecule has 1 atom stereocenters. The van der Waals surface area contributed by atoms with Crippen LogP contribution in [0.15, 0.2) is 54.9 Å². The van der Waals surface area contributed by atoms with E-state index in [1.807, 2.05) is 32.9 Å². The minimum absolute atomic E-state index is 0.0561. The number of aliphatic hydroxyl groups excluding tert-OH is 2. The first-order valence-electron chi connectivity index (χ1n) is 13.7. The molecule has 5 rings (SSSR count). The topological polar surface area (TPSA) is 126 Å². The van der Waals surface area contributed by atoms with Crippen molar-refractivity contribution in [3.63, 3.8) is 0 Å². The quantitative estimate of drug-likeness (QED) is 0.290. The van der Waals surface area contributed by atoms with Gasteiger partial charge in [0.15, 0.2) is 0 Å². The highest BCUT2D eigenvalue weighted by molar-refractivity contribution is 5.81. The Hall–Kier alpha value is -4.09. The lowest BCUT2D eigenvalue weighted by Crippen LogP contribution is -2.43. The molecule has 0 bridgehead atoms. The summed E-state index contributed by atoms with van der Waals surface area (Å²) in [4.78, 5) is 23.4. The van der Waals surface area contributed by atoms with E-state index >= 15 is 0 Å². The number of piperidine rings is 1. The maximum Gasteiger partial charge on any atom is 0.410 e. The van der Waals surface area contributed by atoms with Crippen molar-refractivity contribution in [2.75, 3.05) is 25.0 Å². The molecular weight excluding hydrogens is 527 g/mol. The van der Waals surface area contributed by atoms with Crippen molar-refractivity contribution in [3.8, 4) is 5.69 Å². The Morgan fingerprint density at radius 1 is 1.15 bits per heavy atom. The zero-order valence-electron chi connectivity index (χ0n) is 23.4. The summed E-state index contributed by atoms with van der Waals surface area (Å²) >= 11 is 0. The summed E-state index contributed by atoms with van der Waals surface area (Å²) in [6.45, 7) is 6.44. The van der Waals surface area contributed by atoms with Gasteiger partial charge in [0, 0.05) is 54.6 Å². The number of amides is 1. The average Bonchev–Trinajstić information content (AvgIpc) is 3.43. The predicted molar refractivity (Wildman–Crippen MR) is 153 cm³/mol. The third-order valence-corrected chi connectivity index (χ3v) is 7.22. The molecule has 4 heterocycles. The van der Waals surface area contributed by atoms with Crippen LogP contribution in [0.1, 0.15) is 50.9 Å². The third-order valence-electron chi connectivity index (χ3n) is 7.22. The van der Waals surface area contributed by atoms with Gasteiger partial charge in [-0.1, -0.05) is 0 Å². The van der Waals surface area contributed by atoms with Gasteiger partial charge in [0.25, 0.3) is 0 Å². The van der Waals surface area contributed by atoms with Crippen LogP contribution < -0.4 is 5.32 Å². The lowest BCUT2D eigenvalue weighted by Gasteiger charge is -2.36. The molecule has 0 aliphatic carbocycles. The molecule has 41 heavy (non-hydrogen) atoms. The molecule has 1 saturated heterocycles. The highest BCUT2D eigenvalue weighted by atomic mass is 19.1. The minimum Gasteiger partial charge on any atom is -0.444 e. The van der Waals surface area contributed by atoms with Gasteiger partial charge in [-0.05, 0) is 69.9 Å². The number of aliphatic hydroxyl groups is 2. The van der Waals surface area contributed by atoms with E-state index in [0.717, 1.165) is 23.9 Å². The molecule has 3 N–H and O–H groups in total. The van der Waals surface area contributed by atoms with Gasteiger partial charge in [-0.3, -0.25) is 4.98 Å². The number of nitrogens with one attached hydrogen (secondary N) is 1. The molecule has 0 radical (unpaired) electrons. The fourth-order valence-corrected chi connectivity index (χ4v) is 5.08. The van der Waals surface area contributed by atoms with E-state index in [1.165, 1.54) is 10.7 Å². The molecule has 10 nitrogen and oxygen atoms in total.